The van der Waals surface area contributed by atoms with Crippen molar-refractivity contribution in [2.75, 3.05) is 0 Å². The van der Waals surface area contributed by atoms with Crippen molar-refractivity contribution in [1.29, 1.82) is 0 Å². The topological polar surface area (TPSA) is 46.5 Å². The monoisotopic (exact) mass is 351 g/mol. The minimum absolute atomic E-state index is 0.0606. The van der Waals surface area contributed by atoms with Gasteiger partial charge >= 0.3 is 0 Å². The van der Waals surface area contributed by atoms with Crippen molar-refractivity contribution in [3.63, 3.8) is 0 Å². The van der Waals surface area contributed by atoms with E-state index in [1.807, 2.05) is 19.9 Å². The third-order valence-corrected chi connectivity index (χ3v) is 6.43. The molecule has 2 saturated carbocycles. The van der Waals surface area contributed by atoms with Crippen LogP contribution in [-0.2, 0) is 16.0 Å². The van der Waals surface area contributed by atoms with Crippen molar-refractivity contribution in [2.45, 2.75) is 77.2 Å². The van der Waals surface area contributed by atoms with Gasteiger partial charge in [-0.1, -0.05) is 63.8 Å². The van der Waals surface area contributed by atoms with Gasteiger partial charge in [0.1, 0.15) is 17.5 Å². The fourth-order valence-corrected chi connectivity index (χ4v) is 5.22. The zero-order valence-corrected chi connectivity index (χ0v) is 16.0. The van der Waals surface area contributed by atoms with E-state index in [1.54, 1.807) is 0 Å². The highest BCUT2D eigenvalue weighted by Gasteiger charge is 2.45. The minimum Gasteiger partial charge on any atom is -0.298 e. The number of carbonyl (C=O) groups excluding carboxylic acids is 2. The van der Waals surface area contributed by atoms with Gasteiger partial charge in [-0.05, 0) is 30.2 Å². The quantitative estimate of drug-likeness (QED) is 0.689. The van der Waals surface area contributed by atoms with E-state index >= 15 is 0 Å². The Morgan fingerprint density at radius 2 is 1.50 bits per heavy atom. The Morgan fingerprint density at radius 1 is 0.885 bits per heavy atom. The fraction of sp³-hybridized carbons (Fsp3) is 0.609. The molecule has 0 aromatic heterocycles. The van der Waals surface area contributed by atoms with Crippen LogP contribution >= 0.6 is 0 Å². The number of Topliss-reactive ketones (excluding diaryl/α,β-unsaturated/α-hetero) is 2. The second-order valence-corrected chi connectivity index (χ2v) is 9.35. The van der Waals surface area contributed by atoms with Gasteiger partial charge in [0.15, 0.2) is 0 Å². The van der Waals surface area contributed by atoms with Crippen molar-refractivity contribution in [3.05, 3.63) is 35.4 Å². The van der Waals surface area contributed by atoms with Crippen molar-refractivity contribution in [3.8, 4) is 0 Å². The molecule has 0 saturated heterocycles. The second kappa shape index (κ2) is 6.44. The van der Waals surface area contributed by atoms with Crippen LogP contribution in [0.3, 0.4) is 0 Å². The molecule has 138 valence electrons. The zero-order valence-electron chi connectivity index (χ0n) is 16.0. The van der Waals surface area contributed by atoms with Gasteiger partial charge in [-0.25, -0.2) is 0 Å². The van der Waals surface area contributed by atoms with Crippen LogP contribution in [0.25, 0.3) is 0 Å². The molecule has 4 rings (SSSR count). The molecule has 2 fully saturated rings. The van der Waals surface area contributed by atoms with Crippen molar-refractivity contribution < 1.29 is 9.59 Å². The normalized spacial score (nSPS) is 25.5. The molecular weight excluding hydrogens is 322 g/mol. The number of fused-ring (bicyclic) bond motifs is 1. The van der Waals surface area contributed by atoms with Gasteiger partial charge in [-0.15, -0.1) is 0 Å². The molecule has 2 aliphatic carbocycles. The largest absolute Gasteiger partial charge is 0.298 e. The van der Waals surface area contributed by atoms with E-state index in [-0.39, 0.29) is 22.5 Å². The lowest BCUT2D eigenvalue weighted by Crippen LogP contribution is -2.45. The summed E-state index contributed by atoms with van der Waals surface area (Å²) in [5.74, 6) is -0.527. The fourth-order valence-electron chi connectivity index (χ4n) is 5.22. The molecule has 1 aromatic carbocycles. The summed E-state index contributed by atoms with van der Waals surface area (Å²) in [4.78, 5) is 31.2. The molecule has 3 heteroatoms. The number of hydrogen-bond acceptors (Lipinski definition) is 3. The lowest BCUT2D eigenvalue weighted by molar-refractivity contribution is -0.136. The van der Waals surface area contributed by atoms with Crippen molar-refractivity contribution in [2.24, 2.45) is 16.3 Å². The average Bonchev–Trinajstić information content (AvgIpc) is 2.78. The van der Waals surface area contributed by atoms with Crippen molar-refractivity contribution in [1.82, 2.24) is 0 Å². The highest BCUT2D eigenvalue weighted by atomic mass is 16.2. The van der Waals surface area contributed by atoms with Crippen LogP contribution < -0.4 is 0 Å². The third kappa shape index (κ3) is 3.17. The van der Waals surface area contributed by atoms with Gasteiger partial charge in [-0.3, -0.25) is 14.6 Å². The predicted octanol–water partition coefficient (Wildman–Crippen LogP) is 4.70. The van der Waals surface area contributed by atoms with Crippen LogP contribution in [0.15, 0.2) is 29.3 Å². The summed E-state index contributed by atoms with van der Waals surface area (Å²) < 4.78 is 0. The SMILES string of the molecule is CC1(C)CC(=O)C(C2=NC3(CCCCCC3)Cc3ccccc32)C(=O)C1. The molecule has 1 aliphatic heterocycles. The summed E-state index contributed by atoms with van der Waals surface area (Å²) in [6, 6.07) is 8.29. The van der Waals surface area contributed by atoms with Gasteiger partial charge in [0.25, 0.3) is 0 Å². The summed E-state index contributed by atoms with van der Waals surface area (Å²) in [6.45, 7) is 4.03. The lowest BCUT2D eigenvalue weighted by Gasteiger charge is -2.39. The Morgan fingerprint density at radius 3 is 2.15 bits per heavy atom. The first-order valence-electron chi connectivity index (χ1n) is 10.1. The Kier molecular flexibility index (Phi) is 4.37. The summed E-state index contributed by atoms with van der Waals surface area (Å²) >= 11 is 0. The molecule has 0 amide bonds. The summed E-state index contributed by atoms with van der Waals surface area (Å²) in [6.07, 6.45) is 8.96. The van der Waals surface area contributed by atoms with E-state index in [1.165, 1.54) is 31.2 Å². The first-order valence-corrected chi connectivity index (χ1v) is 10.1. The number of nitrogens with zero attached hydrogens (tertiary/aromatic N) is 1. The van der Waals surface area contributed by atoms with Gasteiger partial charge in [-0.2, -0.15) is 0 Å². The van der Waals surface area contributed by atoms with Crippen LogP contribution in [0.1, 0.15) is 76.3 Å². The molecule has 1 heterocycles. The number of aliphatic imine (C=N–C) groups is 1. The maximum Gasteiger partial charge on any atom is 0.149 e. The van der Waals surface area contributed by atoms with Gasteiger partial charge in [0, 0.05) is 18.4 Å². The number of benzene rings is 1. The number of ketones is 2. The minimum atomic E-state index is -0.649. The van der Waals surface area contributed by atoms with E-state index < -0.39 is 5.92 Å². The first-order chi connectivity index (χ1) is 12.4. The molecule has 3 nitrogen and oxygen atoms in total. The third-order valence-electron chi connectivity index (χ3n) is 6.43. The molecule has 0 bridgehead atoms. The zero-order chi connectivity index (χ0) is 18.4. The van der Waals surface area contributed by atoms with E-state index in [2.05, 4.69) is 18.2 Å². The molecule has 26 heavy (non-hydrogen) atoms. The van der Waals surface area contributed by atoms with E-state index in [4.69, 9.17) is 4.99 Å². The van der Waals surface area contributed by atoms with E-state index in [0.717, 1.165) is 30.5 Å². The van der Waals surface area contributed by atoms with Crippen LogP contribution in [0.5, 0.6) is 0 Å². The highest BCUT2D eigenvalue weighted by molar-refractivity contribution is 6.27. The summed E-state index contributed by atoms with van der Waals surface area (Å²) in [7, 11) is 0. The molecule has 3 aliphatic rings. The lowest BCUT2D eigenvalue weighted by atomic mass is 9.68. The van der Waals surface area contributed by atoms with Crippen LogP contribution in [0, 0.1) is 11.3 Å². The van der Waals surface area contributed by atoms with Gasteiger partial charge in [0.05, 0.1) is 11.3 Å². The maximum absolute atomic E-state index is 13.0. The number of hydrogen-bond donors (Lipinski definition) is 0. The van der Waals surface area contributed by atoms with Gasteiger partial charge < -0.3 is 0 Å². The summed E-state index contributed by atoms with van der Waals surface area (Å²) in [5, 5.41) is 0. The second-order valence-electron chi connectivity index (χ2n) is 9.35. The molecule has 1 aromatic rings. The molecule has 0 radical (unpaired) electrons. The van der Waals surface area contributed by atoms with Gasteiger partial charge in [0.2, 0.25) is 0 Å². The Bertz CT molecular complexity index is 746. The van der Waals surface area contributed by atoms with Crippen molar-refractivity contribution >= 4 is 17.3 Å². The highest BCUT2D eigenvalue weighted by Crippen LogP contribution is 2.42. The molecule has 0 unspecified atom stereocenters. The first kappa shape index (κ1) is 17.6. The molecular formula is C23H29NO2. The van der Waals surface area contributed by atoms with E-state index in [9.17, 15) is 9.59 Å². The summed E-state index contributed by atoms with van der Waals surface area (Å²) in [5.41, 5.74) is 2.76. The predicted molar refractivity (Wildman–Crippen MR) is 104 cm³/mol. The molecule has 0 N–H and O–H groups in total. The van der Waals surface area contributed by atoms with E-state index in [0.29, 0.717) is 12.8 Å². The smallest absolute Gasteiger partial charge is 0.149 e. The van der Waals surface area contributed by atoms with Crippen LogP contribution in [0.2, 0.25) is 0 Å². The maximum atomic E-state index is 13.0. The Balaban J connectivity index is 1.79. The Hall–Kier alpha value is -1.77. The molecule has 1 spiro atoms. The van der Waals surface area contributed by atoms with Crippen LogP contribution in [-0.4, -0.2) is 22.8 Å². The Labute approximate surface area is 156 Å². The standard InChI is InChI=1S/C23H29NO2/c1-22(2)14-18(25)20(19(26)15-22)21-17-10-6-5-9-16(17)13-23(24-21)11-7-3-4-8-12-23/h5-6,9-10,20H,3-4,7-8,11-15H2,1-2H3. The average molecular weight is 351 g/mol. The van der Waals surface area contributed by atoms with Crippen LogP contribution in [0.4, 0.5) is 0 Å². The number of rotatable bonds is 1. The number of carbonyl (C=O) groups is 2. The molecule has 0 atom stereocenters.